The third kappa shape index (κ3) is 7.04. The lowest BCUT2D eigenvalue weighted by molar-refractivity contribution is 0.101. The van der Waals surface area contributed by atoms with Gasteiger partial charge in [-0.25, -0.2) is 0 Å². The molecule has 0 spiro atoms. The van der Waals surface area contributed by atoms with Crippen LogP contribution in [0.15, 0.2) is 18.2 Å². The summed E-state index contributed by atoms with van der Waals surface area (Å²) in [6, 6.07) is 4.78. The molecule has 1 aromatic rings. The highest BCUT2D eigenvalue weighted by Crippen LogP contribution is 2.15. The van der Waals surface area contributed by atoms with Crippen LogP contribution in [0.4, 0.5) is 0 Å². The quantitative estimate of drug-likeness (QED) is 0.720. The van der Waals surface area contributed by atoms with E-state index in [0.717, 1.165) is 5.56 Å². The second-order valence-electron chi connectivity index (χ2n) is 3.26. The first-order valence-corrected chi connectivity index (χ1v) is 5.83. The lowest BCUT2D eigenvalue weighted by Gasteiger charge is -2.00. The van der Waals surface area contributed by atoms with Crippen molar-refractivity contribution in [1.29, 1.82) is 0 Å². The average Bonchev–Trinajstić information content (AvgIpc) is 2.25. The Kier molecular flexibility index (Phi) is 10.9. The van der Waals surface area contributed by atoms with Crippen LogP contribution in [0, 0.1) is 6.92 Å². The predicted molar refractivity (Wildman–Crippen MR) is 70.2 cm³/mol. The van der Waals surface area contributed by atoms with Gasteiger partial charge in [0.05, 0.1) is 0 Å². The fourth-order valence-electron chi connectivity index (χ4n) is 0.989. The fraction of sp³-hybridized carbons (Fsp3) is 0.500. The molecule has 0 aromatic heterocycles. The normalized spacial score (nSPS) is 8.12. The van der Waals surface area contributed by atoms with Crippen molar-refractivity contribution in [2.75, 3.05) is 0 Å². The molecular weight excluding hydrogens is 200 g/mol. The maximum Gasteiger partial charge on any atom is 0.160 e. The van der Waals surface area contributed by atoms with Gasteiger partial charge in [-0.1, -0.05) is 40.2 Å². The van der Waals surface area contributed by atoms with Crippen molar-refractivity contribution in [3.8, 4) is 5.75 Å². The first-order chi connectivity index (χ1) is 7.52. The van der Waals surface area contributed by atoms with E-state index in [1.807, 2.05) is 20.8 Å². The number of Topliss-reactive ketones (excluding diaryl/α,β-unsaturated/α-hetero) is 1. The number of hydrogen-bond donors (Lipinski definition) is 1. The molecule has 0 heterocycles. The first kappa shape index (κ1) is 17.1. The molecule has 1 aromatic carbocycles. The molecule has 0 atom stereocenters. The smallest absolute Gasteiger partial charge is 0.160 e. The van der Waals surface area contributed by atoms with Crippen LogP contribution >= 0.6 is 0 Å². The Bertz CT molecular complexity index is 304. The standard InChI is InChI=1S/C9H10O2.C3H8.C2H6/c1-6-3-4-8(11)5-9(6)7(2)10;1-3-2;1-2/h3-5,11H,1-2H3;3H2,1-2H3;1-2H3. The molecule has 0 aliphatic heterocycles. The third-order valence-corrected chi connectivity index (χ3v) is 1.60. The average molecular weight is 224 g/mol. The number of phenols is 1. The number of aromatic hydroxyl groups is 1. The molecule has 0 fully saturated rings. The number of rotatable bonds is 1. The zero-order valence-corrected chi connectivity index (χ0v) is 11.3. The SMILES string of the molecule is CC.CC(=O)c1cc(O)ccc1C.CCC. The van der Waals surface area contributed by atoms with Gasteiger partial charge in [-0.15, -0.1) is 0 Å². The monoisotopic (exact) mass is 224 g/mol. The van der Waals surface area contributed by atoms with Crippen molar-refractivity contribution in [3.05, 3.63) is 29.3 Å². The first-order valence-electron chi connectivity index (χ1n) is 5.83. The van der Waals surface area contributed by atoms with Gasteiger partial charge in [0.1, 0.15) is 5.75 Å². The summed E-state index contributed by atoms with van der Waals surface area (Å²) in [5, 5.41) is 9.03. The Labute approximate surface area is 99.3 Å². The second-order valence-corrected chi connectivity index (χ2v) is 3.26. The summed E-state index contributed by atoms with van der Waals surface area (Å²) < 4.78 is 0. The van der Waals surface area contributed by atoms with Gasteiger partial charge in [-0.05, 0) is 31.5 Å². The van der Waals surface area contributed by atoms with Crippen LogP contribution in [0.5, 0.6) is 5.75 Å². The van der Waals surface area contributed by atoms with Crippen molar-refractivity contribution < 1.29 is 9.90 Å². The van der Waals surface area contributed by atoms with Crippen molar-refractivity contribution in [3.63, 3.8) is 0 Å². The van der Waals surface area contributed by atoms with Crippen LogP contribution in [-0.4, -0.2) is 10.9 Å². The number of hydrogen-bond acceptors (Lipinski definition) is 2. The van der Waals surface area contributed by atoms with E-state index < -0.39 is 0 Å². The predicted octanol–water partition coefficient (Wildman–Crippen LogP) is 4.35. The molecule has 0 aliphatic carbocycles. The van der Waals surface area contributed by atoms with E-state index in [0.29, 0.717) is 5.56 Å². The zero-order valence-electron chi connectivity index (χ0n) is 11.3. The summed E-state index contributed by atoms with van der Waals surface area (Å²) in [7, 11) is 0. The Hall–Kier alpha value is -1.31. The molecule has 0 aliphatic rings. The molecule has 16 heavy (non-hydrogen) atoms. The number of carbonyl (C=O) groups is 1. The maximum absolute atomic E-state index is 10.9. The van der Waals surface area contributed by atoms with E-state index in [2.05, 4.69) is 13.8 Å². The van der Waals surface area contributed by atoms with Crippen LogP contribution in [0.3, 0.4) is 0 Å². The highest BCUT2D eigenvalue weighted by Gasteiger charge is 2.03. The number of aryl methyl sites for hydroxylation is 1. The van der Waals surface area contributed by atoms with Gasteiger partial charge in [0.25, 0.3) is 0 Å². The minimum atomic E-state index is -0.0154. The molecule has 2 nitrogen and oxygen atoms in total. The summed E-state index contributed by atoms with van der Waals surface area (Å²) in [5.74, 6) is 0.124. The minimum Gasteiger partial charge on any atom is -0.508 e. The molecule has 0 bridgehead atoms. The lowest BCUT2D eigenvalue weighted by atomic mass is 10.1. The van der Waals surface area contributed by atoms with Gasteiger partial charge in [-0.3, -0.25) is 4.79 Å². The minimum absolute atomic E-state index is 0.0154. The number of carbonyl (C=O) groups excluding carboxylic acids is 1. The van der Waals surface area contributed by atoms with Crippen LogP contribution in [-0.2, 0) is 0 Å². The maximum atomic E-state index is 10.9. The van der Waals surface area contributed by atoms with Gasteiger partial charge in [0.2, 0.25) is 0 Å². The highest BCUT2D eigenvalue weighted by molar-refractivity contribution is 5.95. The Balaban J connectivity index is 0. The van der Waals surface area contributed by atoms with Crippen molar-refractivity contribution in [2.45, 2.75) is 48.0 Å². The molecule has 2 heteroatoms. The molecule has 1 N–H and O–H groups in total. The number of benzene rings is 1. The largest absolute Gasteiger partial charge is 0.508 e. The molecule has 0 radical (unpaired) electrons. The molecule has 0 saturated carbocycles. The van der Waals surface area contributed by atoms with Gasteiger partial charge >= 0.3 is 0 Å². The highest BCUT2D eigenvalue weighted by atomic mass is 16.3. The zero-order chi connectivity index (χ0) is 13.1. The third-order valence-electron chi connectivity index (χ3n) is 1.60. The van der Waals surface area contributed by atoms with Gasteiger partial charge in [0.15, 0.2) is 5.78 Å². The molecular formula is C14H24O2. The Morgan fingerprint density at radius 1 is 1.25 bits per heavy atom. The molecule has 0 unspecified atom stereocenters. The summed E-state index contributed by atoms with van der Waals surface area (Å²) in [6.07, 6.45) is 1.25. The topological polar surface area (TPSA) is 37.3 Å². The molecule has 0 amide bonds. The summed E-state index contributed by atoms with van der Waals surface area (Å²) in [5.41, 5.74) is 1.49. The van der Waals surface area contributed by atoms with Crippen LogP contribution in [0.2, 0.25) is 0 Å². The summed E-state index contributed by atoms with van der Waals surface area (Å²) in [6.45, 7) is 11.6. The van der Waals surface area contributed by atoms with Gasteiger partial charge < -0.3 is 5.11 Å². The van der Waals surface area contributed by atoms with Crippen molar-refractivity contribution in [2.24, 2.45) is 0 Å². The van der Waals surface area contributed by atoms with Crippen LogP contribution in [0.1, 0.15) is 57.0 Å². The van der Waals surface area contributed by atoms with Crippen LogP contribution in [0.25, 0.3) is 0 Å². The Morgan fingerprint density at radius 2 is 1.69 bits per heavy atom. The van der Waals surface area contributed by atoms with Gasteiger partial charge in [0, 0.05) is 5.56 Å². The summed E-state index contributed by atoms with van der Waals surface area (Å²) >= 11 is 0. The summed E-state index contributed by atoms with van der Waals surface area (Å²) in [4.78, 5) is 10.9. The van der Waals surface area contributed by atoms with Gasteiger partial charge in [-0.2, -0.15) is 0 Å². The fourth-order valence-corrected chi connectivity index (χ4v) is 0.989. The number of ketones is 1. The van der Waals surface area contributed by atoms with Crippen LogP contribution < -0.4 is 0 Å². The molecule has 1 rings (SSSR count). The Morgan fingerprint density at radius 3 is 2.00 bits per heavy atom. The van der Waals surface area contributed by atoms with E-state index in [9.17, 15) is 4.79 Å². The van der Waals surface area contributed by atoms with E-state index >= 15 is 0 Å². The molecule has 0 saturated heterocycles. The van der Waals surface area contributed by atoms with Crippen molar-refractivity contribution in [1.82, 2.24) is 0 Å². The van der Waals surface area contributed by atoms with E-state index in [4.69, 9.17) is 5.11 Å². The number of phenolic OH excluding ortho intramolecular Hbond substituents is 1. The van der Waals surface area contributed by atoms with Crippen molar-refractivity contribution >= 4 is 5.78 Å². The molecule has 92 valence electrons. The van der Waals surface area contributed by atoms with E-state index in [-0.39, 0.29) is 11.5 Å². The van der Waals surface area contributed by atoms with E-state index in [1.54, 1.807) is 12.1 Å². The van der Waals surface area contributed by atoms with E-state index in [1.165, 1.54) is 19.4 Å². The second kappa shape index (κ2) is 10.2. The lowest BCUT2D eigenvalue weighted by Crippen LogP contribution is -1.94.